The Kier molecular flexibility index (Phi) is 3.16. The van der Waals surface area contributed by atoms with Crippen molar-refractivity contribution in [2.45, 2.75) is 12.3 Å². The molecule has 0 radical (unpaired) electrons. The van der Waals surface area contributed by atoms with Crippen molar-refractivity contribution >= 4 is 26.1 Å². The highest BCUT2D eigenvalue weighted by Crippen LogP contribution is 2.30. The van der Waals surface area contributed by atoms with E-state index >= 15 is 0 Å². The molecule has 0 aromatic carbocycles. The molecule has 114 valence electrons. The van der Waals surface area contributed by atoms with E-state index in [0.29, 0.717) is 8.61 Å². The Labute approximate surface area is 114 Å². The summed E-state index contributed by atoms with van der Waals surface area (Å²) in [4.78, 5) is 22.4. The second-order valence-corrected chi connectivity index (χ2v) is 8.20. The number of hydrogen-bond donors (Lipinski definition) is 1. The van der Waals surface area contributed by atoms with Gasteiger partial charge in [-0.2, -0.15) is 8.61 Å². The lowest BCUT2D eigenvalue weighted by Crippen LogP contribution is -2.49. The van der Waals surface area contributed by atoms with E-state index in [0.717, 1.165) is 12.5 Å². The normalized spacial score (nSPS) is 28.5. The predicted molar refractivity (Wildman–Crippen MR) is 63.2 cm³/mol. The third-order valence-corrected chi connectivity index (χ3v) is 5.30. The first-order valence-corrected chi connectivity index (χ1v) is 8.82. The fourth-order valence-corrected chi connectivity index (χ4v) is 4.03. The first-order valence-electron chi connectivity index (χ1n) is 5.12. The molecule has 0 aromatic rings. The van der Waals surface area contributed by atoms with Crippen molar-refractivity contribution in [2.75, 3.05) is 19.2 Å². The van der Waals surface area contributed by atoms with Gasteiger partial charge in [-0.15, -0.1) is 0 Å². The Balaban J connectivity index is 2.54. The van der Waals surface area contributed by atoms with Gasteiger partial charge in [-0.25, -0.2) is 31.7 Å². The molecule has 2 aliphatic heterocycles. The smallest absolute Gasteiger partial charge is 0.313 e. The number of carbonyl (C=O) groups is 1. The van der Waals surface area contributed by atoms with Crippen LogP contribution >= 0.6 is 0 Å². The van der Waals surface area contributed by atoms with Crippen molar-refractivity contribution in [3.8, 4) is 0 Å². The highest BCUT2D eigenvalue weighted by molar-refractivity contribution is 7.89. The van der Waals surface area contributed by atoms with Crippen LogP contribution in [0.1, 0.15) is 0 Å². The molecule has 1 N–H and O–H groups in total. The van der Waals surface area contributed by atoms with Gasteiger partial charge < -0.3 is 5.32 Å². The number of nitrogens with one attached hydrogen (secondary N) is 1. The topological polar surface area (TPSA) is 150 Å². The van der Waals surface area contributed by atoms with Crippen LogP contribution in [-0.4, -0.2) is 73.0 Å². The summed E-state index contributed by atoms with van der Waals surface area (Å²) in [5.41, 5.74) is 0. The molecule has 20 heavy (non-hydrogen) atoms. The number of amides is 2. The summed E-state index contributed by atoms with van der Waals surface area (Å²) in [5, 5.41) is 11.9. The monoisotopic (exact) mass is 329 g/mol. The Morgan fingerprint density at radius 2 is 1.70 bits per heavy atom. The molecular formula is C6H11N5O7S2. The standard InChI is InChI=1S/C6H11N5O7S2/c1-19(15,16)8-3-9(20(2,17)18)5-4(8)7-6(12)10(5)11(13)14/h4-5H,3H2,1-2H3,(H,7,12)/t4-,5+/m0/s1. The number of sulfonamides is 2. The zero-order valence-corrected chi connectivity index (χ0v) is 12.0. The fraction of sp³-hybridized carbons (Fsp3) is 0.833. The Bertz CT molecular complexity index is 672. The Hall–Kier alpha value is -1.51. The Morgan fingerprint density at radius 3 is 2.10 bits per heavy atom. The first-order chi connectivity index (χ1) is 8.94. The van der Waals surface area contributed by atoms with E-state index in [-0.39, 0.29) is 5.01 Å². The van der Waals surface area contributed by atoms with Crippen LogP contribution in [0.5, 0.6) is 0 Å². The van der Waals surface area contributed by atoms with Gasteiger partial charge in [0.2, 0.25) is 26.2 Å². The molecule has 0 bridgehead atoms. The molecule has 0 aliphatic carbocycles. The molecule has 0 saturated carbocycles. The lowest BCUT2D eigenvalue weighted by Gasteiger charge is -2.20. The van der Waals surface area contributed by atoms with Gasteiger partial charge in [-0.05, 0) is 5.01 Å². The van der Waals surface area contributed by atoms with Crippen LogP contribution in [0.2, 0.25) is 0 Å². The minimum absolute atomic E-state index is 0.0664. The maximum Gasteiger partial charge on any atom is 0.378 e. The lowest BCUT2D eigenvalue weighted by molar-refractivity contribution is -0.641. The summed E-state index contributed by atoms with van der Waals surface area (Å²) in [5.74, 6) is 0. The number of nitrogens with zero attached hydrogens (tertiary/aromatic N) is 4. The van der Waals surface area contributed by atoms with Crippen LogP contribution in [0.25, 0.3) is 0 Å². The lowest BCUT2D eigenvalue weighted by atomic mass is 10.4. The van der Waals surface area contributed by atoms with E-state index < -0.39 is 50.1 Å². The SMILES string of the molecule is CS(=O)(=O)N1CN(S(C)(=O)=O)[C@H]2[C@H]1NC(=O)N2[N+](=O)[O-]. The molecule has 0 spiro atoms. The van der Waals surface area contributed by atoms with E-state index in [2.05, 4.69) is 5.32 Å². The zero-order chi connectivity index (χ0) is 15.5. The molecule has 2 fully saturated rings. The van der Waals surface area contributed by atoms with E-state index in [1.807, 2.05) is 0 Å². The van der Waals surface area contributed by atoms with E-state index in [1.54, 1.807) is 0 Å². The molecule has 2 saturated heterocycles. The van der Waals surface area contributed by atoms with Crippen LogP contribution in [0.15, 0.2) is 0 Å². The summed E-state index contributed by atoms with van der Waals surface area (Å²) in [6, 6.07) is -1.17. The van der Waals surface area contributed by atoms with Crippen LogP contribution in [0.4, 0.5) is 4.79 Å². The molecular weight excluding hydrogens is 318 g/mol. The maximum absolute atomic E-state index is 11.6. The minimum Gasteiger partial charge on any atom is -0.313 e. The Morgan fingerprint density at radius 1 is 1.20 bits per heavy atom. The van der Waals surface area contributed by atoms with Crippen molar-refractivity contribution in [1.82, 2.24) is 18.9 Å². The van der Waals surface area contributed by atoms with Crippen molar-refractivity contribution < 1.29 is 26.7 Å². The van der Waals surface area contributed by atoms with Crippen molar-refractivity contribution in [1.29, 1.82) is 0 Å². The number of urea groups is 1. The third-order valence-electron chi connectivity index (χ3n) is 2.92. The van der Waals surface area contributed by atoms with Crippen LogP contribution in [-0.2, 0) is 20.0 Å². The van der Waals surface area contributed by atoms with Crippen LogP contribution < -0.4 is 5.32 Å². The first kappa shape index (κ1) is 14.9. The zero-order valence-electron chi connectivity index (χ0n) is 10.3. The van der Waals surface area contributed by atoms with Gasteiger partial charge in [0.25, 0.3) is 0 Å². The van der Waals surface area contributed by atoms with Crippen LogP contribution in [0.3, 0.4) is 0 Å². The number of rotatable bonds is 3. The second kappa shape index (κ2) is 4.24. The number of nitro groups is 1. The highest BCUT2D eigenvalue weighted by Gasteiger charge is 2.61. The summed E-state index contributed by atoms with van der Waals surface area (Å²) in [6.45, 7) is -0.600. The summed E-state index contributed by atoms with van der Waals surface area (Å²) in [7, 11) is -7.81. The molecule has 2 rings (SSSR count). The summed E-state index contributed by atoms with van der Waals surface area (Å²) in [6.07, 6.45) is -1.30. The second-order valence-electron chi connectivity index (χ2n) is 4.33. The molecule has 2 heterocycles. The maximum atomic E-state index is 11.6. The van der Waals surface area contributed by atoms with Crippen molar-refractivity contribution in [3.63, 3.8) is 0 Å². The molecule has 2 aliphatic rings. The number of carbonyl (C=O) groups excluding carboxylic acids is 1. The number of hydrogen-bond acceptors (Lipinski definition) is 7. The van der Waals surface area contributed by atoms with Crippen molar-refractivity contribution in [2.24, 2.45) is 0 Å². The summed E-state index contributed by atoms with van der Waals surface area (Å²) >= 11 is 0. The minimum atomic E-state index is -3.95. The van der Waals surface area contributed by atoms with Gasteiger partial charge in [-0.3, -0.25) is 0 Å². The van der Waals surface area contributed by atoms with E-state index in [9.17, 15) is 31.7 Å². The average Bonchev–Trinajstić information content (AvgIpc) is 2.68. The summed E-state index contributed by atoms with van der Waals surface area (Å²) < 4.78 is 47.7. The van der Waals surface area contributed by atoms with E-state index in [4.69, 9.17) is 0 Å². The fourth-order valence-electron chi connectivity index (χ4n) is 2.11. The molecule has 14 heteroatoms. The largest absolute Gasteiger partial charge is 0.378 e. The van der Waals surface area contributed by atoms with Gasteiger partial charge in [0, 0.05) is 0 Å². The van der Waals surface area contributed by atoms with Crippen LogP contribution in [0, 0.1) is 10.1 Å². The van der Waals surface area contributed by atoms with Gasteiger partial charge in [-0.1, -0.05) is 0 Å². The average molecular weight is 329 g/mol. The highest BCUT2D eigenvalue weighted by atomic mass is 32.2. The number of fused-ring (bicyclic) bond motifs is 1. The molecule has 2 amide bonds. The quantitative estimate of drug-likeness (QED) is 0.438. The number of hydrazine groups is 1. The molecule has 0 unspecified atom stereocenters. The van der Waals surface area contributed by atoms with Gasteiger partial charge >= 0.3 is 6.03 Å². The van der Waals surface area contributed by atoms with E-state index in [1.165, 1.54) is 0 Å². The molecule has 12 nitrogen and oxygen atoms in total. The molecule has 2 atom stereocenters. The predicted octanol–water partition coefficient (Wildman–Crippen LogP) is -2.65. The molecule has 0 aromatic heterocycles. The van der Waals surface area contributed by atoms with Crippen molar-refractivity contribution in [3.05, 3.63) is 10.1 Å². The van der Waals surface area contributed by atoms with Gasteiger partial charge in [0.05, 0.1) is 19.2 Å². The van der Waals surface area contributed by atoms with Gasteiger partial charge in [0.15, 0.2) is 5.03 Å². The third kappa shape index (κ3) is 2.19. The van der Waals surface area contributed by atoms with Gasteiger partial charge in [0.1, 0.15) is 6.17 Å².